The number of ether oxygens (including phenoxy) is 2. The van der Waals surface area contributed by atoms with Gasteiger partial charge in [-0.3, -0.25) is 4.79 Å². The van der Waals surface area contributed by atoms with E-state index in [1.165, 1.54) is 0 Å². The quantitative estimate of drug-likeness (QED) is 0.548. The van der Waals surface area contributed by atoms with Gasteiger partial charge in [-0.2, -0.15) is 0 Å². The first kappa shape index (κ1) is 12.4. The second-order valence-electron chi connectivity index (χ2n) is 2.65. The molecule has 0 aromatic carbocycles. The Kier molecular flexibility index (Phi) is 7.63. The third-order valence-corrected chi connectivity index (χ3v) is 1.63. The molecule has 0 unspecified atom stereocenters. The molecule has 13 heavy (non-hydrogen) atoms. The fourth-order valence-electron chi connectivity index (χ4n) is 0.770. The fourth-order valence-corrected chi connectivity index (χ4v) is 0.770. The number of hydrogen-bond acceptors (Lipinski definition) is 3. The lowest BCUT2D eigenvalue weighted by atomic mass is 10.5. The lowest BCUT2D eigenvalue weighted by Crippen LogP contribution is -2.33. The van der Waals surface area contributed by atoms with Crippen LogP contribution in [0.2, 0.25) is 0 Å². The fraction of sp³-hybridized carbons (Fsp3) is 0.889. The van der Waals surface area contributed by atoms with Crippen LogP contribution in [0.1, 0.15) is 13.8 Å². The van der Waals surface area contributed by atoms with Crippen molar-refractivity contribution in [3.63, 3.8) is 0 Å². The van der Waals surface area contributed by atoms with E-state index >= 15 is 0 Å². The molecule has 0 saturated heterocycles. The predicted molar refractivity (Wildman–Crippen MR) is 50.6 cm³/mol. The lowest BCUT2D eigenvalue weighted by molar-refractivity contribution is -0.135. The first-order valence-corrected chi connectivity index (χ1v) is 4.61. The Bertz CT molecular complexity index is 139. The molecule has 0 N–H and O–H groups in total. The molecule has 0 fully saturated rings. The monoisotopic (exact) mass is 189 g/mol. The van der Waals surface area contributed by atoms with Crippen molar-refractivity contribution in [3.05, 3.63) is 0 Å². The van der Waals surface area contributed by atoms with Gasteiger partial charge >= 0.3 is 0 Å². The molecule has 0 aliphatic carbocycles. The topological polar surface area (TPSA) is 38.8 Å². The molecule has 78 valence electrons. The maximum atomic E-state index is 11.2. The van der Waals surface area contributed by atoms with Crippen LogP contribution in [0.25, 0.3) is 0 Å². The standard InChI is InChI=1S/C9H19NO3/c1-4-12-7-6-10(3)9(11)8-13-5-2/h4-8H2,1-3H3. The number of likely N-dealkylation sites (N-methyl/N-ethyl adjacent to an activating group) is 1. The zero-order chi connectivity index (χ0) is 10.1. The van der Waals surface area contributed by atoms with Gasteiger partial charge in [-0.25, -0.2) is 0 Å². The largest absolute Gasteiger partial charge is 0.380 e. The molecule has 0 aliphatic heterocycles. The molecular weight excluding hydrogens is 170 g/mol. The Morgan fingerprint density at radius 2 is 1.85 bits per heavy atom. The van der Waals surface area contributed by atoms with Crippen molar-refractivity contribution in [1.82, 2.24) is 4.90 Å². The Morgan fingerprint density at radius 1 is 1.23 bits per heavy atom. The SMILES string of the molecule is CCOCCN(C)C(=O)COCC. The van der Waals surface area contributed by atoms with Crippen LogP contribution in [0.15, 0.2) is 0 Å². The van der Waals surface area contributed by atoms with Gasteiger partial charge in [0, 0.05) is 26.8 Å². The van der Waals surface area contributed by atoms with E-state index in [4.69, 9.17) is 9.47 Å². The number of amides is 1. The summed E-state index contributed by atoms with van der Waals surface area (Å²) in [7, 11) is 1.75. The number of carbonyl (C=O) groups excluding carboxylic acids is 1. The smallest absolute Gasteiger partial charge is 0.248 e. The lowest BCUT2D eigenvalue weighted by Gasteiger charge is -2.16. The van der Waals surface area contributed by atoms with Crippen molar-refractivity contribution in [2.75, 3.05) is 40.0 Å². The Balaban J connectivity index is 3.45. The number of nitrogens with zero attached hydrogens (tertiary/aromatic N) is 1. The van der Waals surface area contributed by atoms with Crippen molar-refractivity contribution in [3.8, 4) is 0 Å². The second-order valence-corrected chi connectivity index (χ2v) is 2.65. The Hall–Kier alpha value is -0.610. The highest BCUT2D eigenvalue weighted by Crippen LogP contribution is 1.87. The Morgan fingerprint density at radius 3 is 2.38 bits per heavy atom. The molecule has 0 aromatic rings. The first-order valence-electron chi connectivity index (χ1n) is 4.61. The van der Waals surface area contributed by atoms with Crippen molar-refractivity contribution >= 4 is 5.91 Å². The zero-order valence-electron chi connectivity index (χ0n) is 8.71. The molecule has 0 rings (SSSR count). The van der Waals surface area contributed by atoms with Gasteiger partial charge in [0.25, 0.3) is 0 Å². The van der Waals surface area contributed by atoms with E-state index in [1.807, 2.05) is 13.8 Å². The maximum absolute atomic E-state index is 11.2. The molecule has 4 heteroatoms. The summed E-state index contributed by atoms with van der Waals surface area (Å²) in [4.78, 5) is 12.9. The van der Waals surface area contributed by atoms with E-state index in [0.717, 1.165) is 0 Å². The Labute approximate surface area is 79.8 Å². The number of hydrogen-bond donors (Lipinski definition) is 0. The second kappa shape index (κ2) is 8.01. The van der Waals surface area contributed by atoms with E-state index in [-0.39, 0.29) is 12.5 Å². The molecule has 0 atom stereocenters. The van der Waals surface area contributed by atoms with Gasteiger partial charge < -0.3 is 14.4 Å². The third kappa shape index (κ3) is 6.54. The van der Waals surface area contributed by atoms with Crippen LogP contribution in [0, 0.1) is 0 Å². The number of rotatable bonds is 7. The number of carbonyl (C=O) groups is 1. The van der Waals surface area contributed by atoms with Crippen LogP contribution in [-0.2, 0) is 14.3 Å². The van der Waals surface area contributed by atoms with E-state index < -0.39 is 0 Å². The van der Waals surface area contributed by atoms with E-state index in [0.29, 0.717) is 26.4 Å². The summed E-state index contributed by atoms with van der Waals surface area (Å²) in [5.74, 6) is 0.00144. The van der Waals surface area contributed by atoms with Crippen LogP contribution in [0.4, 0.5) is 0 Å². The van der Waals surface area contributed by atoms with E-state index in [2.05, 4.69) is 0 Å². The summed E-state index contributed by atoms with van der Waals surface area (Å²) >= 11 is 0. The van der Waals surface area contributed by atoms with Gasteiger partial charge in [0.1, 0.15) is 6.61 Å². The highest BCUT2D eigenvalue weighted by molar-refractivity contribution is 5.77. The average Bonchev–Trinajstić information content (AvgIpc) is 2.14. The summed E-state index contributed by atoms with van der Waals surface area (Å²) in [5, 5.41) is 0. The maximum Gasteiger partial charge on any atom is 0.248 e. The van der Waals surface area contributed by atoms with E-state index in [9.17, 15) is 4.79 Å². The molecular formula is C9H19NO3. The van der Waals surface area contributed by atoms with Gasteiger partial charge in [0.2, 0.25) is 5.91 Å². The van der Waals surface area contributed by atoms with Crippen LogP contribution in [-0.4, -0.2) is 50.8 Å². The molecule has 0 aliphatic rings. The minimum absolute atomic E-state index is 0.00144. The van der Waals surface area contributed by atoms with Gasteiger partial charge in [-0.15, -0.1) is 0 Å². The highest BCUT2D eigenvalue weighted by atomic mass is 16.5. The summed E-state index contributed by atoms with van der Waals surface area (Å²) in [6.07, 6.45) is 0. The van der Waals surface area contributed by atoms with Gasteiger partial charge in [-0.05, 0) is 13.8 Å². The normalized spacial score (nSPS) is 10.1. The molecule has 0 spiro atoms. The van der Waals surface area contributed by atoms with Crippen LogP contribution >= 0.6 is 0 Å². The van der Waals surface area contributed by atoms with Gasteiger partial charge in [0.15, 0.2) is 0 Å². The molecule has 0 saturated carbocycles. The molecule has 4 nitrogen and oxygen atoms in total. The van der Waals surface area contributed by atoms with Gasteiger partial charge in [-0.1, -0.05) is 0 Å². The van der Waals surface area contributed by atoms with Crippen molar-refractivity contribution in [1.29, 1.82) is 0 Å². The predicted octanol–water partition coefficient (Wildman–Crippen LogP) is 0.518. The van der Waals surface area contributed by atoms with Crippen molar-refractivity contribution in [2.24, 2.45) is 0 Å². The van der Waals surface area contributed by atoms with E-state index in [1.54, 1.807) is 11.9 Å². The molecule has 1 amide bonds. The molecule has 0 heterocycles. The third-order valence-electron chi connectivity index (χ3n) is 1.63. The summed E-state index contributed by atoms with van der Waals surface area (Å²) in [6, 6.07) is 0. The van der Waals surface area contributed by atoms with Crippen molar-refractivity contribution < 1.29 is 14.3 Å². The molecule has 0 radical (unpaired) electrons. The summed E-state index contributed by atoms with van der Waals surface area (Å²) in [6.45, 7) is 6.44. The average molecular weight is 189 g/mol. The highest BCUT2D eigenvalue weighted by Gasteiger charge is 2.06. The van der Waals surface area contributed by atoms with Crippen LogP contribution < -0.4 is 0 Å². The zero-order valence-corrected chi connectivity index (χ0v) is 8.71. The first-order chi connectivity index (χ1) is 6.22. The summed E-state index contributed by atoms with van der Waals surface area (Å²) in [5.41, 5.74) is 0. The van der Waals surface area contributed by atoms with Crippen molar-refractivity contribution in [2.45, 2.75) is 13.8 Å². The van der Waals surface area contributed by atoms with Gasteiger partial charge in [0.05, 0.1) is 6.61 Å². The molecule has 0 bridgehead atoms. The summed E-state index contributed by atoms with van der Waals surface area (Å²) < 4.78 is 10.1. The molecule has 0 aromatic heterocycles. The van der Waals surface area contributed by atoms with Crippen LogP contribution in [0.5, 0.6) is 0 Å². The minimum atomic E-state index is 0.00144. The minimum Gasteiger partial charge on any atom is -0.380 e. The van der Waals surface area contributed by atoms with Crippen LogP contribution in [0.3, 0.4) is 0 Å².